The van der Waals surface area contributed by atoms with E-state index in [1.807, 2.05) is 41.9 Å². The Labute approximate surface area is 97.5 Å². The number of furan rings is 1. The summed E-state index contributed by atoms with van der Waals surface area (Å²) in [6.07, 6.45) is 4.51. The van der Waals surface area contributed by atoms with Crippen molar-refractivity contribution in [1.29, 1.82) is 0 Å². The maximum Gasteiger partial charge on any atom is 0.154 e. The number of carbonyl (C=O) groups is 1. The first kappa shape index (κ1) is 9.84. The molecule has 17 heavy (non-hydrogen) atoms. The first-order valence-corrected chi connectivity index (χ1v) is 5.27. The van der Waals surface area contributed by atoms with Gasteiger partial charge in [-0.15, -0.1) is 0 Å². The van der Waals surface area contributed by atoms with Crippen LogP contribution in [0, 0.1) is 6.92 Å². The van der Waals surface area contributed by atoms with Gasteiger partial charge in [0.2, 0.25) is 0 Å². The molecule has 3 rings (SSSR count). The van der Waals surface area contributed by atoms with Crippen LogP contribution in [0.2, 0.25) is 0 Å². The highest BCUT2D eigenvalue weighted by Gasteiger charge is 2.09. The SMILES string of the molecule is Cc1ccc(-c2cn3cccc(C=O)c3n2)o1. The van der Waals surface area contributed by atoms with Crippen LogP contribution in [-0.4, -0.2) is 15.7 Å². The average molecular weight is 226 g/mol. The number of carbonyl (C=O) groups excluding carboxylic acids is 1. The van der Waals surface area contributed by atoms with Gasteiger partial charge in [0.05, 0.1) is 5.56 Å². The molecule has 0 aromatic carbocycles. The van der Waals surface area contributed by atoms with Gasteiger partial charge >= 0.3 is 0 Å². The van der Waals surface area contributed by atoms with Crippen LogP contribution in [0.5, 0.6) is 0 Å². The number of hydrogen-bond donors (Lipinski definition) is 0. The lowest BCUT2D eigenvalue weighted by Crippen LogP contribution is -1.88. The molecular formula is C13H10N2O2. The molecule has 0 aliphatic rings. The summed E-state index contributed by atoms with van der Waals surface area (Å²) in [5, 5.41) is 0. The van der Waals surface area contributed by atoms with Crippen LogP contribution < -0.4 is 0 Å². The molecule has 4 nitrogen and oxygen atoms in total. The first-order valence-electron chi connectivity index (χ1n) is 5.27. The zero-order chi connectivity index (χ0) is 11.8. The number of fused-ring (bicyclic) bond motifs is 1. The fourth-order valence-electron chi connectivity index (χ4n) is 1.82. The van der Waals surface area contributed by atoms with E-state index in [0.29, 0.717) is 17.0 Å². The number of hydrogen-bond acceptors (Lipinski definition) is 3. The Morgan fingerprint density at radius 2 is 2.24 bits per heavy atom. The molecule has 3 aromatic heterocycles. The van der Waals surface area contributed by atoms with Crippen LogP contribution in [0.25, 0.3) is 17.1 Å². The Morgan fingerprint density at radius 1 is 1.35 bits per heavy atom. The van der Waals surface area contributed by atoms with Crippen molar-refractivity contribution in [3.63, 3.8) is 0 Å². The molecule has 0 N–H and O–H groups in total. The van der Waals surface area contributed by atoms with Gasteiger partial charge in [-0.25, -0.2) is 4.98 Å². The topological polar surface area (TPSA) is 47.5 Å². The highest BCUT2D eigenvalue weighted by Crippen LogP contribution is 2.22. The van der Waals surface area contributed by atoms with Gasteiger partial charge in [-0.05, 0) is 31.2 Å². The third kappa shape index (κ3) is 1.54. The number of aryl methyl sites for hydroxylation is 1. The van der Waals surface area contributed by atoms with Crippen molar-refractivity contribution in [2.45, 2.75) is 6.92 Å². The molecule has 4 heteroatoms. The Morgan fingerprint density at radius 3 is 2.94 bits per heavy atom. The minimum Gasteiger partial charge on any atom is -0.460 e. The van der Waals surface area contributed by atoms with Crippen LogP contribution in [0.15, 0.2) is 41.1 Å². The molecule has 0 spiro atoms. The highest BCUT2D eigenvalue weighted by atomic mass is 16.3. The third-order valence-corrected chi connectivity index (χ3v) is 2.63. The summed E-state index contributed by atoms with van der Waals surface area (Å²) in [7, 11) is 0. The van der Waals surface area contributed by atoms with Crippen LogP contribution >= 0.6 is 0 Å². The van der Waals surface area contributed by atoms with Crippen molar-refractivity contribution in [2.24, 2.45) is 0 Å². The standard InChI is InChI=1S/C13H10N2O2/c1-9-4-5-12(17-9)11-7-15-6-2-3-10(8-16)13(15)14-11/h2-8H,1H3. The van der Waals surface area contributed by atoms with Crippen molar-refractivity contribution in [1.82, 2.24) is 9.38 Å². The van der Waals surface area contributed by atoms with Crippen LogP contribution in [0.3, 0.4) is 0 Å². The lowest BCUT2D eigenvalue weighted by atomic mass is 10.3. The second-order valence-corrected chi connectivity index (χ2v) is 3.85. The van der Waals surface area contributed by atoms with E-state index in [-0.39, 0.29) is 0 Å². The van der Waals surface area contributed by atoms with Gasteiger partial charge in [0.25, 0.3) is 0 Å². The smallest absolute Gasteiger partial charge is 0.154 e. The summed E-state index contributed by atoms with van der Waals surface area (Å²) in [5.41, 5.74) is 1.95. The molecular weight excluding hydrogens is 216 g/mol. The van der Waals surface area contributed by atoms with Crippen molar-refractivity contribution in [3.8, 4) is 11.5 Å². The summed E-state index contributed by atoms with van der Waals surface area (Å²) >= 11 is 0. The molecule has 0 saturated heterocycles. The fraction of sp³-hybridized carbons (Fsp3) is 0.0769. The number of aromatic nitrogens is 2. The van der Waals surface area contributed by atoms with Gasteiger partial charge in [-0.2, -0.15) is 0 Å². The number of nitrogens with zero attached hydrogens (tertiary/aromatic N) is 2. The maximum atomic E-state index is 10.9. The quantitative estimate of drug-likeness (QED) is 0.631. The monoisotopic (exact) mass is 226 g/mol. The van der Waals surface area contributed by atoms with E-state index in [0.717, 1.165) is 17.7 Å². The van der Waals surface area contributed by atoms with Gasteiger partial charge in [0.15, 0.2) is 12.0 Å². The molecule has 3 heterocycles. The predicted octanol–water partition coefficient (Wildman–Crippen LogP) is 2.72. The van der Waals surface area contributed by atoms with Gasteiger partial charge in [0.1, 0.15) is 17.1 Å². The lowest BCUT2D eigenvalue weighted by Gasteiger charge is -1.93. The highest BCUT2D eigenvalue weighted by molar-refractivity contribution is 5.84. The molecule has 0 radical (unpaired) electrons. The molecule has 0 aliphatic heterocycles. The first-order chi connectivity index (χ1) is 8.28. The molecule has 0 aliphatic carbocycles. The fourth-order valence-corrected chi connectivity index (χ4v) is 1.82. The minimum atomic E-state index is 0.571. The number of pyridine rings is 1. The van der Waals surface area contributed by atoms with Crippen molar-refractivity contribution < 1.29 is 9.21 Å². The molecule has 0 unspecified atom stereocenters. The number of imidazole rings is 1. The van der Waals surface area contributed by atoms with E-state index in [1.165, 1.54) is 0 Å². The molecule has 84 valence electrons. The zero-order valence-corrected chi connectivity index (χ0v) is 9.25. The second-order valence-electron chi connectivity index (χ2n) is 3.85. The van der Waals surface area contributed by atoms with Crippen LogP contribution in [-0.2, 0) is 0 Å². The molecule has 0 saturated carbocycles. The van der Waals surface area contributed by atoms with Crippen LogP contribution in [0.1, 0.15) is 16.1 Å². The lowest BCUT2D eigenvalue weighted by molar-refractivity contribution is 0.112. The van der Waals surface area contributed by atoms with E-state index < -0.39 is 0 Å². The molecule has 3 aromatic rings. The van der Waals surface area contributed by atoms with Gasteiger partial charge in [-0.3, -0.25) is 4.79 Å². The van der Waals surface area contributed by atoms with Crippen molar-refractivity contribution in [3.05, 3.63) is 48.0 Å². The Bertz CT molecular complexity index is 694. The maximum absolute atomic E-state index is 10.9. The van der Waals surface area contributed by atoms with Crippen molar-refractivity contribution >= 4 is 11.9 Å². The average Bonchev–Trinajstić information content (AvgIpc) is 2.93. The Kier molecular flexibility index (Phi) is 2.08. The summed E-state index contributed by atoms with van der Waals surface area (Å²) < 4.78 is 7.32. The zero-order valence-electron chi connectivity index (χ0n) is 9.25. The largest absolute Gasteiger partial charge is 0.460 e. The molecule has 0 fully saturated rings. The van der Waals surface area contributed by atoms with Gasteiger partial charge in [0, 0.05) is 12.4 Å². The summed E-state index contributed by atoms with van der Waals surface area (Å²) in [4.78, 5) is 15.3. The normalized spacial score (nSPS) is 10.9. The minimum absolute atomic E-state index is 0.571. The second kappa shape index (κ2) is 3.59. The van der Waals surface area contributed by atoms with E-state index in [4.69, 9.17) is 4.42 Å². The van der Waals surface area contributed by atoms with E-state index in [1.54, 1.807) is 6.07 Å². The van der Waals surface area contributed by atoms with E-state index >= 15 is 0 Å². The predicted molar refractivity (Wildman–Crippen MR) is 63.0 cm³/mol. The van der Waals surface area contributed by atoms with E-state index in [9.17, 15) is 4.79 Å². The summed E-state index contributed by atoms with van der Waals surface area (Å²) in [6.45, 7) is 1.89. The molecule has 0 amide bonds. The Balaban J connectivity index is 2.23. The molecule has 0 atom stereocenters. The van der Waals surface area contributed by atoms with E-state index in [2.05, 4.69) is 4.98 Å². The summed E-state index contributed by atoms with van der Waals surface area (Å²) in [6, 6.07) is 7.32. The van der Waals surface area contributed by atoms with Crippen molar-refractivity contribution in [2.75, 3.05) is 0 Å². The number of aldehydes is 1. The Hall–Kier alpha value is -2.36. The van der Waals surface area contributed by atoms with Crippen LogP contribution in [0.4, 0.5) is 0 Å². The summed E-state index contributed by atoms with van der Waals surface area (Å²) in [5.74, 6) is 1.55. The number of rotatable bonds is 2. The van der Waals surface area contributed by atoms with Gasteiger partial charge < -0.3 is 8.82 Å². The van der Waals surface area contributed by atoms with Gasteiger partial charge in [-0.1, -0.05) is 0 Å². The third-order valence-electron chi connectivity index (χ3n) is 2.63. The molecule has 0 bridgehead atoms.